The molecule has 0 radical (unpaired) electrons. The second-order valence-corrected chi connectivity index (χ2v) is 18.6. The third kappa shape index (κ3) is 6.44. The van der Waals surface area contributed by atoms with Gasteiger partial charge in [0.15, 0.2) is 0 Å². The van der Waals surface area contributed by atoms with Crippen LogP contribution in [0.15, 0.2) is 237 Å². The largest absolute Gasteiger partial charge is 0.309 e. The molecular formula is C63H45NS. The van der Waals surface area contributed by atoms with Crippen LogP contribution in [0.2, 0.25) is 0 Å². The molecule has 1 aromatic heterocycles. The SMILES string of the molecule is CC1(C)c2ccccc2-c2c(-c3ccccc3N(c3ccc(-c4cccc5sc6ccccc6c45)cc3)c3ccccc3-c3ccccc3-c3ccccc3-c3ccccc3)cccc21. The molecule has 65 heavy (non-hydrogen) atoms. The van der Waals surface area contributed by atoms with Gasteiger partial charge in [-0.3, -0.25) is 0 Å². The molecule has 10 aromatic carbocycles. The monoisotopic (exact) mass is 847 g/mol. The van der Waals surface area contributed by atoms with Crippen LogP contribution in [0.1, 0.15) is 25.0 Å². The van der Waals surface area contributed by atoms with E-state index in [1.165, 1.54) is 92.5 Å². The molecule has 1 nitrogen and oxygen atoms in total. The normalized spacial score (nSPS) is 12.6. The maximum atomic E-state index is 2.50. The van der Waals surface area contributed by atoms with Crippen molar-refractivity contribution in [3.8, 4) is 66.8 Å². The van der Waals surface area contributed by atoms with Gasteiger partial charge in [-0.25, -0.2) is 0 Å². The fourth-order valence-corrected chi connectivity index (χ4v) is 11.7. The highest BCUT2D eigenvalue weighted by Crippen LogP contribution is 2.55. The van der Waals surface area contributed by atoms with Crippen LogP contribution in [-0.2, 0) is 5.41 Å². The highest BCUT2D eigenvalue weighted by molar-refractivity contribution is 7.25. The first-order chi connectivity index (χ1) is 32.0. The van der Waals surface area contributed by atoms with E-state index >= 15 is 0 Å². The van der Waals surface area contributed by atoms with Crippen LogP contribution in [0.4, 0.5) is 17.1 Å². The van der Waals surface area contributed by atoms with Crippen LogP contribution in [0.5, 0.6) is 0 Å². The maximum Gasteiger partial charge on any atom is 0.0540 e. The minimum atomic E-state index is -0.116. The summed E-state index contributed by atoms with van der Waals surface area (Å²) in [5.41, 5.74) is 20.6. The molecule has 2 heteroatoms. The maximum absolute atomic E-state index is 2.50. The third-order valence-electron chi connectivity index (χ3n) is 13.5. The number of hydrogen-bond donors (Lipinski definition) is 0. The number of anilines is 3. The first kappa shape index (κ1) is 38.9. The second kappa shape index (κ2) is 15.8. The molecule has 0 saturated heterocycles. The molecule has 0 atom stereocenters. The van der Waals surface area contributed by atoms with E-state index in [-0.39, 0.29) is 5.41 Å². The summed E-state index contributed by atoms with van der Waals surface area (Å²) in [6.45, 7) is 4.73. The average Bonchev–Trinajstić information content (AvgIpc) is 3.87. The lowest BCUT2D eigenvalue weighted by atomic mass is 9.82. The van der Waals surface area contributed by atoms with Gasteiger partial charge in [-0.05, 0) is 103 Å². The number of thiophene rings is 1. The van der Waals surface area contributed by atoms with Gasteiger partial charge in [0, 0.05) is 42.4 Å². The highest BCUT2D eigenvalue weighted by Gasteiger charge is 2.37. The van der Waals surface area contributed by atoms with E-state index in [0.717, 1.165) is 22.6 Å². The fourth-order valence-electron chi connectivity index (χ4n) is 10.5. The van der Waals surface area contributed by atoms with Gasteiger partial charge in [0.05, 0.1) is 11.4 Å². The Kier molecular flexibility index (Phi) is 9.44. The number of hydrogen-bond acceptors (Lipinski definition) is 2. The highest BCUT2D eigenvalue weighted by atomic mass is 32.1. The van der Waals surface area contributed by atoms with Crippen LogP contribution in [0.3, 0.4) is 0 Å². The molecule has 0 aliphatic heterocycles. The van der Waals surface area contributed by atoms with E-state index in [4.69, 9.17) is 0 Å². The van der Waals surface area contributed by atoms with Crippen LogP contribution >= 0.6 is 11.3 Å². The Hall–Kier alpha value is -7.78. The zero-order chi connectivity index (χ0) is 43.5. The lowest BCUT2D eigenvalue weighted by Crippen LogP contribution is -2.15. The Bertz CT molecular complexity index is 3580. The molecule has 0 fully saturated rings. The van der Waals surface area contributed by atoms with E-state index in [1.807, 2.05) is 11.3 Å². The lowest BCUT2D eigenvalue weighted by molar-refractivity contribution is 0.660. The predicted octanol–water partition coefficient (Wildman–Crippen LogP) is 18.2. The summed E-state index contributed by atoms with van der Waals surface area (Å²) in [6.07, 6.45) is 0. The van der Waals surface area contributed by atoms with Gasteiger partial charge in [-0.2, -0.15) is 0 Å². The van der Waals surface area contributed by atoms with Gasteiger partial charge in [-0.15, -0.1) is 11.3 Å². The Balaban J connectivity index is 1.08. The van der Waals surface area contributed by atoms with Crippen molar-refractivity contribution in [1.82, 2.24) is 0 Å². The summed E-state index contributed by atoms with van der Waals surface area (Å²) in [6, 6.07) is 87.1. The lowest BCUT2D eigenvalue weighted by Gasteiger charge is -2.31. The van der Waals surface area contributed by atoms with Gasteiger partial charge in [-0.1, -0.05) is 214 Å². The van der Waals surface area contributed by atoms with Crippen LogP contribution in [0, 0.1) is 0 Å². The summed E-state index contributed by atoms with van der Waals surface area (Å²) < 4.78 is 2.63. The first-order valence-corrected chi connectivity index (χ1v) is 23.3. The predicted molar refractivity (Wildman–Crippen MR) is 279 cm³/mol. The summed E-state index contributed by atoms with van der Waals surface area (Å²) >= 11 is 1.87. The van der Waals surface area contributed by atoms with E-state index in [9.17, 15) is 0 Å². The molecule has 11 aromatic rings. The molecule has 0 amide bonds. The summed E-state index contributed by atoms with van der Waals surface area (Å²) in [5, 5.41) is 2.63. The van der Waals surface area contributed by atoms with Crippen LogP contribution in [0.25, 0.3) is 86.9 Å². The standard InChI is InChI=1S/C63H45NS/c1-63(2)55-32-14-10-28-53(55)61-52(31-18-33-56(61)63)51-27-12-16-35-58(51)64(44-40-38-43(39-41-44)46-30-19-37-60-62(46)54-29-13-17-36-59(54)65-60)57-34-15-11-26-50(57)49-25-9-8-24-48(49)47-23-7-6-22-45(47)42-20-4-3-5-21-42/h3-41H,1-2H3. The molecule has 1 heterocycles. The van der Waals surface area contributed by atoms with Gasteiger partial charge in [0.2, 0.25) is 0 Å². The van der Waals surface area contributed by atoms with Gasteiger partial charge < -0.3 is 4.90 Å². The fraction of sp³-hybridized carbons (Fsp3) is 0.0476. The Labute approximate surface area is 385 Å². The van der Waals surface area contributed by atoms with Crippen molar-refractivity contribution < 1.29 is 0 Å². The zero-order valence-corrected chi connectivity index (χ0v) is 37.2. The van der Waals surface area contributed by atoms with Gasteiger partial charge in [0.25, 0.3) is 0 Å². The van der Waals surface area contributed by atoms with E-state index in [2.05, 4.69) is 255 Å². The molecule has 12 rings (SSSR count). The number of para-hydroxylation sites is 2. The minimum absolute atomic E-state index is 0.116. The first-order valence-electron chi connectivity index (χ1n) is 22.5. The summed E-state index contributed by atoms with van der Waals surface area (Å²) in [7, 11) is 0. The number of nitrogens with zero attached hydrogens (tertiary/aromatic N) is 1. The molecule has 308 valence electrons. The molecular weight excluding hydrogens is 803 g/mol. The van der Waals surface area contributed by atoms with Crippen molar-refractivity contribution >= 4 is 48.6 Å². The van der Waals surface area contributed by atoms with E-state index < -0.39 is 0 Å². The minimum Gasteiger partial charge on any atom is -0.309 e. The van der Waals surface area contributed by atoms with E-state index in [1.54, 1.807) is 0 Å². The van der Waals surface area contributed by atoms with Crippen molar-refractivity contribution in [2.75, 3.05) is 4.90 Å². The average molecular weight is 848 g/mol. The number of benzene rings is 10. The molecule has 0 saturated carbocycles. The summed E-state index contributed by atoms with van der Waals surface area (Å²) in [5.74, 6) is 0. The van der Waals surface area contributed by atoms with Crippen LogP contribution in [-0.4, -0.2) is 0 Å². The van der Waals surface area contributed by atoms with Crippen molar-refractivity contribution in [2.45, 2.75) is 19.3 Å². The van der Waals surface area contributed by atoms with Crippen LogP contribution < -0.4 is 4.90 Å². The smallest absolute Gasteiger partial charge is 0.0540 e. The quantitative estimate of drug-likeness (QED) is 0.147. The number of fused-ring (bicyclic) bond motifs is 6. The third-order valence-corrected chi connectivity index (χ3v) is 14.7. The summed E-state index contributed by atoms with van der Waals surface area (Å²) in [4.78, 5) is 2.50. The molecule has 0 bridgehead atoms. The Morgan fingerprint density at radius 3 is 1.51 bits per heavy atom. The molecule has 0 unspecified atom stereocenters. The number of rotatable bonds is 8. The Morgan fingerprint density at radius 2 is 0.785 bits per heavy atom. The molecule has 0 N–H and O–H groups in total. The molecule has 1 aliphatic rings. The topological polar surface area (TPSA) is 3.24 Å². The van der Waals surface area contributed by atoms with Crippen molar-refractivity contribution in [2.24, 2.45) is 0 Å². The van der Waals surface area contributed by atoms with Crippen molar-refractivity contribution in [3.63, 3.8) is 0 Å². The van der Waals surface area contributed by atoms with Gasteiger partial charge in [0.1, 0.15) is 0 Å². The molecule has 1 aliphatic carbocycles. The van der Waals surface area contributed by atoms with E-state index in [0.29, 0.717) is 0 Å². The van der Waals surface area contributed by atoms with Crippen molar-refractivity contribution in [1.29, 1.82) is 0 Å². The Morgan fingerprint density at radius 1 is 0.323 bits per heavy atom. The molecule has 0 spiro atoms. The zero-order valence-electron chi connectivity index (χ0n) is 36.4. The van der Waals surface area contributed by atoms with Crippen molar-refractivity contribution in [3.05, 3.63) is 248 Å². The van der Waals surface area contributed by atoms with Gasteiger partial charge >= 0.3 is 0 Å². The second-order valence-electron chi connectivity index (χ2n) is 17.5.